The molecule has 0 aliphatic carbocycles. The van der Waals surface area contributed by atoms with E-state index in [4.69, 9.17) is 5.73 Å². The third kappa shape index (κ3) is 5.32. The molecule has 0 saturated carbocycles. The molecule has 1 heterocycles. The van der Waals surface area contributed by atoms with Gasteiger partial charge in [0.05, 0.1) is 0 Å². The summed E-state index contributed by atoms with van der Waals surface area (Å²) in [4.78, 5) is 2.59. The molecule has 1 atom stereocenters. The van der Waals surface area contributed by atoms with Crippen molar-refractivity contribution in [2.75, 3.05) is 25.4 Å². The molecule has 1 aliphatic heterocycles. The predicted molar refractivity (Wildman–Crippen MR) is 95.1 cm³/mol. The molecular weight excluding hydrogens is 276 g/mol. The number of hydrogen-bond donors (Lipinski definition) is 1. The molecule has 1 unspecified atom stereocenters. The van der Waals surface area contributed by atoms with Crippen LogP contribution in [0.2, 0.25) is 0 Å². The van der Waals surface area contributed by atoms with Crippen molar-refractivity contribution >= 4 is 11.8 Å². The van der Waals surface area contributed by atoms with E-state index in [1.54, 1.807) is 0 Å². The van der Waals surface area contributed by atoms with Crippen LogP contribution >= 0.6 is 11.8 Å². The van der Waals surface area contributed by atoms with Crippen molar-refractivity contribution in [3.8, 4) is 0 Å². The molecule has 1 aromatic rings. The van der Waals surface area contributed by atoms with Crippen LogP contribution < -0.4 is 5.73 Å². The van der Waals surface area contributed by atoms with Crippen LogP contribution in [0.1, 0.15) is 49.4 Å². The van der Waals surface area contributed by atoms with E-state index >= 15 is 0 Å². The van der Waals surface area contributed by atoms with Crippen LogP contribution in [0.5, 0.6) is 0 Å². The Morgan fingerprint density at radius 2 is 1.86 bits per heavy atom. The fourth-order valence-electron chi connectivity index (χ4n) is 3.00. The summed E-state index contributed by atoms with van der Waals surface area (Å²) < 4.78 is 0.435. The summed E-state index contributed by atoms with van der Waals surface area (Å²) in [6.45, 7) is 12.6. The SMILES string of the molecule is Cc1cc(C)cc(C(N)CCN2CCSC(C)(C)CC2)c1. The minimum atomic E-state index is 0.160. The second kappa shape index (κ2) is 7.17. The van der Waals surface area contributed by atoms with Gasteiger partial charge in [0.25, 0.3) is 0 Å². The molecule has 21 heavy (non-hydrogen) atoms. The van der Waals surface area contributed by atoms with Gasteiger partial charge < -0.3 is 10.6 Å². The lowest BCUT2D eigenvalue weighted by Gasteiger charge is -2.24. The quantitative estimate of drug-likeness (QED) is 0.914. The van der Waals surface area contributed by atoms with E-state index in [-0.39, 0.29) is 6.04 Å². The normalized spacial score (nSPS) is 21.0. The zero-order chi connectivity index (χ0) is 15.5. The van der Waals surface area contributed by atoms with E-state index in [1.165, 1.54) is 42.0 Å². The second-order valence-electron chi connectivity index (χ2n) is 7.02. The van der Waals surface area contributed by atoms with Crippen molar-refractivity contribution in [3.63, 3.8) is 0 Å². The number of thioether (sulfide) groups is 1. The van der Waals surface area contributed by atoms with Crippen molar-refractivity contribution in [2.24, 2.45) is 5.73 Å². The first-order valence-electron chi connectivity index (χ1n) is 8.06. The molecule has 118 valence electrons. The first-order chi connectivity index (χ1) is 9.85. The molecule has 0 bridgehead atoms. The molecule has 1 saturated heterocycles. The summed E-state index contributed by atoms with van der Waals surface area (Å²) in [6.07, 6.45) is 2.32. The smallest absolute Gasteiger partial charge is 0.0307 e. The highest BCUT2D eigenvalue weighted by Gasteiger charge is 2.23. The molecule has 0 spiro atoms. The number of rotatable bonds is 4. The molecule has 2 N–H and O–H groups in total. The van der Waals surface area contributed by atoms with Crippen molar-refractivity contribution in [2.45, 2.75) is 51.3 Å². The van der Waals surface area contributed by atoms with Gasteiger partial charge in [-0.15, -0.1) is 0 Å². The van der Waals surface area contributed by atoms with E-state index < -0.39 is 0 Å². The fourth-order valence-corrected chi connectivity index (χ4v) is 4.14. The Hall–Kier alpha value is -0.510. The average molecular weight is 307 g/mol. The third-order valence-corrected chi connectivity index (χ3v) is 5.73. The molecule has 0 amide bonds. The number of hydrogen-bond acceptors (Lipinski definition) is 3. The van der Waals surface area contributed by atoms with Crippen molar-refractivity contribution < 1.29 is 0 Å². The molecule has 0 radical (unpaired) electrons. The van der Waals surface area contributed by atoms with Crippen molar-refractivity contribution in [1.29, 1.82) is 0 Å². The van der Waals surface area contributed by atoms with Gasteiger partial charge in [0.15, 0.2) is 0 Å². The van der Waals surface area contributed by atoms with E-state index in [2.05, 4.69) is 62.6 Å². The zero-order valence-electron chi connectivity index (χ0n) is 14.0. The topological polar surface area (TPSA) is 29.3 Å². The van der Waals surface area contributed by atoms with Crippen LogP contribution in [0, 0.1) is 13.8 Å². The summed E-state index contributed by atoms with van der Waals surface area (Å²) in [6, 6.07) is 6.84. The first-order valence-corrected chi connectivity index (χ1v) is 9.04. The van der Waals surface area contributed by atoms with Gasteiger partial charge >= 0.3 is 0 Å². The number of nitrogens with two attached hydrogens (primary N) is 1. The maximum atomic E-state index is 6.41. The lowest BCUT2D eigenvalue weighted by molar-refractivity contribution is 0.273. The fraction of sp³-hybridized carbons (Fsp3) is 0.667. The van der Waals surface area contributed by atoms with Gasteiger partial charge in [0, 0.05) is 23.1 Å². The van der Waals surface area contributed by atoms with E-state index in [0.29, 0.717) is 4.75 Å². The molecule has 2 rings (SSSR count). The van der Waals surface area contributed by atoms with Crippen molar-refractivity contribution in [3.05, 3.63) is 34.9 Å². The number of nitrogens with zero attached hydrogens (tertiary/aromatic N) is 1. The summed E-state index contributed by atoms with van der Waals surface area (Å²) in [5, 5.41) is 0. The molecule has 1 fully saturated rings. The van der Waals surface area contributed by atoms with Crippen LogP contribution in [-0.4, -0.2) is 35.0 Å². The predicted octanol–water partition coefficient (Wildman–Crippen LogP) is 3.91. The van der Waals surface area contributed by atoms with Gasteiger partial charge in [-0.05, 0) is 45.3 Å². The number of aryl methyl sites for hydroxylation is 2. The summed E-state index contributed by atoms with van der Waals surface area (Å²) in [5.74, 6) is 1.24. The maximum absolute atomic E-state index is 6.41. The van der Waals surface area contributed by atoms with E-state index in [0.717, 1.165) is 13.0 Å². The Morgan fingerprint density at radius 3 is 2.52 bits per heavy atom. The summed E-state index contributed by atoms with van der Waals surface area (Å²) in [7, 11) is 0. The highest BCUT2D eigenvalue weighted by Crippen LogP contribution is 2.30. The van der Waals surface area contributed by atoms with E-state index in [1.807, 2.05) is 0 Å². The van der Waals surface area contributed by atoms with Gasteiger partial charge in [-0.3, -0.25) is 0 Å². The van der Waals surface area contributed by atoms with Gasteiger partial charge in [0.2, 0.25) is 0 Å². The highest BCUT2D eigenvalue weighted by atomic mass is 32.2. The first kappa shape index (κ1) is 16.9. The van der Waals surface area contributed by atoms with Crippen LogP contribution in [0.15, 0.2) is 18.2 Å². The average Bonchev–Trinajstić information content (AvgIpc) is 2.56. The minimum absolute atomic E-state index is 0.160. The van der Waals surface area contributed by atoms with Gasteiger partial charge in [-0.2, -0.15) is 11.8 Å². The Labute approximate surface area is 134 Å². The van der Waals surface area contributed by atoms with Gasteiger partial charge in [0.1, 0.15) is 0 Å². The van der Waals surface area contributed by atoms with Crippen molar-refractivity contribution in [1.82, 2.24) is 4.90 Å². The second-order valence-corrected chi connectivity index (χ2v) is 8.82. The molecule has 1 aliphatic rings. The lowest BCUT2D eigenvalue weighted by Crippen LogP contribution is -2.30. The molecule has 2 nitrogen and oxygen atoms in total. The van der Waals surface area contributed by atoms with Crippen LogP contribution in [-0.2, 0) is 0 Å². The lowest BCUT2D eigenvalue weighted by atomic mass is 9.99. The molecule has 1 aromatic carbocycles. The zero-order valence-corrected chi connectivity index (χ0v) is 14.8. The molecule has 0 aromatic heterocycles. The Bertz CT molecular complexity index is 450. The largest absolute Gasteiger partial charge is 0.324 e. The Kier molecular flexibility index (Phi) is 5.75. The maximum Gasteiger partial charge on any atom is 0.0307 e. The monoisotopic (exact) mass is 306 g/mol. The highest BCUT2D eigenvalue weighted by molar-refractivity contribution is 8.00. The standard InChI is InChI=1S/C18H30N2S/c1-14-11-15(2)13-16(12-14)17(19)5-7-20-8-6-18(3,4)21-10-9-20/h11-13,17H,5-10,19H2,1-4H3. The van der Waals surface area contributed by atoms with Crippen LogP contribution in [0.4, 0.5) is 0 Å². The van der Waals surface area contributed by atoms with E-state index in [9.17, 15) is 0 Å². The summed E-state index contributed by atoms with van der Waals surface area (Å²) >= 11 is 2.11. The van der Waals surface area contributed by atoms with Gasteiger partial charge in [-0.25, -0.2) is 0 Å². The summed E-state index contributed by atoms with van der Waals surface area (Å²) in [5.41, 5.74) is 10.3. The minimum Gasteiger partial charge on any atom is -0.324 e. The Balaban J connectivity index is 1.87. The van der Waals surface area contributed by atoms with Crippen LogP contribution in [0.25, 0.3) is 0 Å². The van der Waals surface area contributed by atoms with Gasteiger partial charge in [-0.1, -0.05) is 43.2 Å². The molecule has 3 heteroatoms. The Morgan fingerprint density at radius 1 is 1.19 bits per heavy atom. The van der Waals surface area contributed by atoms with Crippen LogP contribution in [0.3, 0.4) is 0 Å². The third-order valence-electron chi connectivity index (χ3n) is 4.36. The number of benzene rings is 1. The molecular formula is C18H30N2S.